The molecule has 4 heterocycles. The van der Waals surface area contributed by atoms with E-state index in [1.54, 1.807) is 36.5 Å². The number of nitrogens with zero attached hydrogens (tertiary/aromatic N) is 3. The molecule has 0 bridgehead atoms. The quantitative estimate of drug-likeness (QED) is 0.611. The van der Waals surface area contributed by atoms with Crippen molar-refractivity contribution in [2.24, 2.45) is 0 Å². The largest absolute Gasteiger partial charge is 0.497 e. The van der Waals surface area contributed by atoms with Gasteiger partial charge in [-0.3, -0.25) is 9.78 Å². The Morgan fingerprint density at radius 2 is 1.97 bits per heavy atom. The summed E-state index contributed by atoms with van der Waals surface area (Å²) in [6.07, 6.45) is 4.30. The van der Waals surface area contributed by atoms with Crippen molar-refractivity contribution < 1.29 is 23.1 Å². The lowest BCUT2D eigenvalue weighted by Gasteiger charge is -2.55. The maximum Gasteiger partial charge on any atom is 0.254 e. The van der Waals surface area contributed by atoms with Crippen LogP contribution in [0, 0.1) is 0 Å². The van der Waals surface area contributed by atoms with Gasteiger partial charge in [0.25, 0.3) is 5.91 Å². The Morgan fingerprint density at radius 1 is 1.25 bits per heavy atom. The molecule has 10 heteroatoms. The third-order valence-electron chi connectivity index (χ3n) is 6.50. The predicted molar refractivity (Wildman–Crippen MR) is 118 cm³/mol. The summed E-state index contributed by atoms with van der Waals surface area (Å²) in [5, 5.41) is 11.1. The molecule has 2 aliphatic heterocycles. The van der Waals surface area contributed by atoms with Gasteiger partial charge < -0.3 is 19.7 Å². The summed E-state index contributed by atoms with van der Waals surface area (Å²) in [6.45, 7) is 0.609. The molecule has 0 radical (unpaired) electrons. The van der Waals surface area contributed by atoms with Crippen LogP contribution in [0.2, 0.25) is 0 Å². The zero-order valence-electron chi connectivity index (χ0n) is 17.8. The topological polar surface area (TPSA) is 116 Å². The molecule has 1 spiro atoms. The number of fused-ring (bicyclic) bond motifs is 4. The number of hydrogen-bond donors (Lipinski definition) is 2. The Kier molecular flexibility index (Phi) is 4.77. The molecule has 0 saturated carbocycles. The van der Waals surface area contributed by atoms with Crippen molar-refractivity contribution in [3.05, 3.63) is 59.5 Å². The number of nitrogens with one attached hydrogen (secondary N) is 1. The monoisotopic (exact) mass is 456 g/mol. The molecule has 2 aliphatic rings. The molecule has 1 fully saturated rings. The van der Waals surface area contributed by atoms with E-state index in [9.17, 15) is 18.3 Å². The van der Waals surface area contributed by atoms with Crippen LogP contribution in [0.4, 0.5) is 0 Å². The van der Waals surface area contributed by atoms with Gasteiger partial charge in [0.15, 0.2) is 0 Å². The van der Waals surface area contributed by atoms with Gasteiger partial charge in [-0.25, -0.2) is 8.42 Å². The second-order valence-corrected chi connectivity index (χ2v) is 10.4. The molecule has 3 aromatic rings. The highest BCUT2D eigenvalue weighted by Crippen LogP contribution is 2.49. The summed E-state index contributed by atoms with van der Waals surface area (Å²) in [4.78, 5) is 22.0. The second-order valence-electron chi connectivity index (χ2n) is 8.51. The predicted octanol–water partition coefficient (Wildman–Crippen LogP) is 1.27. The van der Waals surface area contributed by atoms with Crippen LogP contribution in [-0.2, 0) is 15.4 Å². The van der Waals surface area contributed by atoms with Gasteiger partial charge in [-0.05, 0) is 29.8 Å². The summed E-state index contributed by atoms with van der Waals surface area (Å²) in [5.41, 5.74) is 2.42. The van der Waals surface area contributed by atoms with Crippen LogP contribution < -0.4 is 4.74 Å². The van der Waals surface area contributed by atoms with Crippen LogP contribution in [0.15, 0.2) is 42.7 Å². The number of carbonyl (C=O) groups is 1. The minimum absolute atomic E-state index is 0.115. The second kappa shape index (κ2) is 7.29. The van der Waals surface area contributed by atoms with Crippen molar-refractivity contribution in [3.63, 3.8) is 0 Å². The number of aromatic amines is 1. The lowest BCUT2D eigenvalue weighted by molar-refractivity contribution is 0.0213. The van der Waals surface area contributed by atoms with Gasteiger partial charge in [0.1, 0.15) is 5.75 Å². The molecular formula is C22H24N4O5S. The van der Waals surface area contributed by atoms with Gasteiger partial charge in [-0.15, -0.1) is 0 Å². The van der Waals surface area contributed by atoms with E-state index in [2.05, 4.69) is 9.97 Å². The number of carbonyl (C=O) groups excluding carboxylic acids is 1. The number of aromatic nitrogens is 2. The summed E-state index contributed by atoms with van der Waals surface area (Å²) < 4.78 is 32.0. The Hall–Kier alpha value is -2.95. The summed E-state index contributed by atoms with van der Waals surface area (Å²) in [7, 11) is -2.02. The van der Waals surface area contributed by atoms with Crippen molar-refractivity contribution in [1.82, 2.24) is 19.2 Å². The molecule has 1 saturated heterocycles. The van der Waals surface area contributed by atoms with E-state index in [1.807, 2.05) is 18.2 Å². The van der Waals surface area contributed by atoms with E-state index in [1.165, 1.54) is 4.31 Å². The van der Waals surface area contributed by atoms with Gasteiger partial charge in [0.2, 0.25) is 10.0 Å². The van der Waals surface area contributed by atoms with Gasteiger partial charge in [0.05, 0.1) is 26.0 Å². The molecule has 2 N–H and O–H groups in total. The highest BCUT2D eigenvalue weighted by Gasteiger charge is 2.55. The lowest BCUT2D eigenvalue weighted by atomic mass is 9.69. The first kappa shape index (κ1) is 20.9. The summed E-state index contributed by atoms with van der Waals surface area (Å²) >= 11 is 0. The Morgan fingerprint density at radius 3 is 2.59 bits per heavy atom. The molecule has 0 unspecified atom stereocenters. The highest BCUT2D eigenvalue weighted by atomic mass is 32.2. The fraction of sp³-hybridized carbons (Fsp3) is 0.364. The fourth-order valence-electron chi connectivity index (χ4n) is 5.07. The number of H-pyrrole nitrogens is 1. The van der Waals surface area contributed by atoms with E-state index in [4.69, 9.17) is 4.74 Å². The highest BCUT2D eigenvalue weighted by molar-refractivity contribution is 7.88. The van der Waals surface area contributed by atoms with Crippen molar-refractivity contribution in [2.75, 3.05) is 39.6 Å². The average Bonchev–Trinajstić information content (AvgIpc) is 3.15. The van der Waals surface area contributed by atoms with Gasteiger partial charge in [-0.1, -0.05) is 0 Å². The minimum atomic E-state index is -3.60. The normalized spacial score (nSPS) is 20.2. The van der Waals surface area contributed by atoms with Crippen LogP contribution >= 0.6 is 0 Å². The first-order valence-electron chi connectivity index (χ1n) is 10.2. The molecule has 0 aliphatic carbocycles. The van der Waals surface area contributed by atoms with Crippen LogP contribution in [0.25, 0.3) is 10.9 Å². The third kappa shape index (κ3) is 3.09. The zero-order chi connectivity index (χ0) is 22.7. The van der Waals surface area contributed by atoms with Crippen molar-refractivity contribution in [3.8, 4) is 5.75 Å². The number of amides is 1. The summed E-state index contributed by atoms with van der Waals surface area (Å²) in [5.74, 6) is 0.560. The molecule has 5 rings (SSSR count). The van der Waals surface area contributed by atoms with Crippen LogP contribution in [0.3, 0.4) is 0 Å². The summed E-state index contributed by atoms with van der Waals surface area (Å²) in [6, 6.07) is 8.29. The number of aliphatic hydroxyl groups excluding tert-OH is 1. The first-order valence-corrected chi connectivity index (χ1v) is 12.1. The molecule has 32 heavy (non-hydrogen) atoms. The number of benzene rings is 1. The first-order chi connectivity index (χ1) is 15.3. The Bertz CT molecular complexity index is 1300. The maximum absolute atomic E-state index is 13.0. The van der Waals surface area contributed by atoms with E-state index in [-0.39, 0.29) is 19.1 Å². The van der Waals surface area contributed by atoms with Gasteiger partial charge in [0, 0.05) is 65.7 Å². The number of rotatable bonds is 4. The molecule has 9 nitrogen and oxygen atoms in total. The van der Waals surface area contributed by atoms with E-state index in [0.29, 0.717) is 30.1 Å². The molecule has 1 aromatic carbocycles. The fourth-order valence-corrected chi connectivity index (χ4v) is 6.19. The van der Waals surface area contributed by atoms with E-state index >= 15 is 0 Å². The maximum atomic E-state index is 13.0. The van der Waals surface area contributed by atoms with Crippen molar-refractivity contribution >= 4 is 26.8 Å². The van der Waals surface area contributed by atoms with E-state index in [0.717, 1.165) is 22.7 Å². The number of aliphatic hydroxyl groups is 1. The Labute approximate surface area is 185 Å². The standard InChI is InChI=1S/C22H24N4O5S/c1-31-15-3-4-16-17(9-15)24-20-18(10-27)26(32(2,29)30)13-22(19(16)20)11-25(12-22)21(28)14-5-7-23-8-6-14/h3-9,18,24,27H,10-13H2,1-2H3/t18-/m1/s1. The molecule has 168 valence electrons. The number of hydrogen-bond acceptors (Lipinski definition) is 6. The van der Waals surface area contributed by atoms with Crippen molar-refractivity contribution in [1.29, 1.82) is 0 Å². The smallest absolute Gasteiger partial charge is 0.254 e. The molecule has 1 amide bonds. The number of pyridine rings is 1. The average molecular weight is 457 g/mol. The Balaban J connectivity index is 1.61. The van der Waals surface area contributed by atoms with Gasteiger partial charge >= 0.3 is 0 Å². The van der Waals surface area contributed by atoms with Crippen LogP contribution in [0.5, 0.6) is 5.75 Å². The number of methoxy groups -OCH3 is 1. The number of sulfonamides is 1. The van der Waals surface area contributed by atoms with E-state index < -0.39 is 21.5 Å². The minimum Gasteiger partial charge on any atom is -0.497 e. The molecule has 1 atom stereocenters. The zero-order valence-corrected chi connectivity index (χ0v) is 18.6. The lowest BCUT2D eigenvalue weighted by Crippen LogP contribution is -2.68. The third-order valence-corrected chi connectivity index (χ3v) is 7.74. The van der Waals surface area contributed by atoms with Crippen molar-refractivity contribution in [2.45, 2.75) is 11.5 Å². The number of likely N-dealkylation sites (tertiary alicyclic amines) is 1. The molecular weight excluding hydrogens is 432 g/mol. The van der Waals surface area contributed by atoms with Crippen LogP contribution in [0.1, 0.15) is 27.7 Å². The van der Waals surface area contributed by atoms with Gasteiger partial charge in [-0.2, -0.15) is 4.31 Å². The number of ether oxygens (including phenoxy) is 1. The molecule has 2 aromatic heterocycles. The van der Waals surface area contributed by atoms with Crippen LogP contribution in [-0.4, -0.2) is 78.2 Å². The SMILES string of the molecule is COc1ccc2c3c([nH]c2c1)[C@@H](CO)N(S(C)(=O)=O)CC31CN(C(=O)c2ccncc2)C1.